The molecular formula is C14H15N3O4. The van der Waals surface area contributed by atoms with E-state index in [1.54, 1.807) is 12.1 Å². The third-order valence-corrected chi connectivity index (χ3v) is 2.88. The van der Waals surface area contributed by atoms with Gasteiger partial charge in [-0.1, -0.05) is 18.2 Å². The molecule has 2 rings (SSSR count). The molecule has 0 radical (unpaired) electrons. The largest absolute Gasteiger partial charge is 0.425 e. The molecule has 1 aromatic rings. The summed E-state index contributed by atoms with van der Waals surface area (Å²) in [6, 6.07) is 7.09. The third-order valence-electron chi connectivity index (χ3n) is 2.88. The molecule has 1 aliphatic heterocycles. The van der Waals surface area contributed by atoms with E-state index in [1.807, 2.05) is 19.1 Å². The minimum Gasteiger partial charge on any atom is -0.425 e. The Kier molecular flexibility index (Phi) is 4.65. The van der Waals surface area contributed by atoms with Gasteiger partial charge in [0.1, 0.15) is 18.0 Å². The minimum absolute atomic E-state index is 0.193. The van der Waals surface area contributed by atoms with Crippen molar-refractivity contribution in [2.45, 2.75) is 19.8 Å². The van der Waals surface area contributed by atoms with Gasteiger partial charge in [0.05, 0.1) is 0 Å². The quantitative estimate of drug-likeness (QED) is 0.614. The van der Waals surface area contributed by atoms with E-state index in [1.165, 1.54) is 0 Å². The monoisotopic (exact) mass is 289 g/mol. The van der Waals surface area contributed by atoms with Crippen molar-refractivity contribution < 1.29 is 19.1 Å². The van der Waals surface area contributed by atoms with Crippen LogP contribution in [0.15, 0.2) is 29.4 Å². The van der Waals surface area contributed by atoms with Crippen molar-refractivity contribution in [2.24, 2.45) is 5.10 Å². The average molecular weight is 289 g/mol. The number of amides is 2. The summed E-state index contributed by atoms with van der Waals surface area (Å²) in [4.78, 5) is 34.3. The maximum atomic E-state index is 11.7. The summed E-state index contributed by atoms with van der Waals surface area (Å²) in [6.07, 6.45) is 0.463. The Hall–Kier alpha value is -2.70. The van der Waals surface area contributed by atoms with Gasteiger partial charge < -0.3 is 10.1 Å². The summed E-state index contributed by atoms with van der Waals surface area (Å²) in [5.41, 5.74) is 3.24. The number of carbonyl (C=O) groups is 3. The van der Waals surface area contributed by atoms with Gasteiger partial charge in [0.25, 0.3) is 5.91 Å². The summed E-state index contributed by atoms with van der Waals surface area (Å²) >= 11 is 0. The van der Waals surface area contributed by atoms with Crippen molar-refractivity contribution in [3.8, 4) is 5.75 Å². The van der Waals surface area contributed by atoms with E-state index in [-0.39, 0.29) is 31.0 Å². The van der Waals surface area contributed by atoms with Gasteiger partial charge in [-0.2, -0.15) is 5.10 Å². The minimum atomic E-state index is -0.571. The highest BCUT2D eigenvalue weighted by Gasteiger charge is 2.19. The van der Waals surface area contributed by atoms with E-state index in [0.29, 0.717) is 5.75 Å². The van der Waals surface area contributed by atoms with Gasteiger partial charge in [-0.3, -0.25) is 9.59 Å². The molecule has 1 heterocycles. The molecule has 0 spiro atoms. The number of hydrogen-bond donors (Lipinski definition) is 2. The van der Waals surface area contributed by atoms with Gasteiger partial charge in [0.2, 0.25) is 5.91 Å². The molecule has 0 bridgehead atoms. The number of hydrogen-bond acceptors (Lipinski definition) is 5. The fraction of sp³-hybridized carbons (Fsp3) is 0.286. The number of hydrazone groups is 1. The molecule has 0 fully saturated rings. The molecule has 0 aliphatic carbocycles. The summed E-state index contributed by atoms with van der Waals surface area (Å²) in [7, 11) is 0. The van der Waals surface area contributed by atoms with Crippen LogP contribution in [0.4, 0.5) is 0 Å². The molecule has 2 N–H and O–H groups in total. The van der Waals surface area contributed by atoms with E-state index < -0.39 is 11.9 Å². The molecule has 2 amide bonds. The third kappa shape index (κ3) is 4.13. The Bertz CT molecular complexity index is 610. The number of aryl methyl sites for hydroxylation is 1. The van der Waals surface area contributed by atoms with Crippen LogP contribution < -0.4 is 15.5 Å². The average Bonchev–Trinajstić information content (AvgIpc) is 2.48. The van der Waals surface area contributed by atoms with Crippen molar-refractivity contribution in [3.63, 3.8) is 0 Å². The number of benzene rings is 1. The first kappa shape index (κ1) is 14.7. The predicted molar refractivity (Wildman–Crippen MR) is 74.6 cm³/mol. The SMILES string of the molecule is Cc1ccccc1OC(=O)CNC(=O)C1=NNC(=O)CC1. The second-order valence-corrected chi connectivity index (χ2v) is 4.52. The van der Waals surface area contributed by atoms with Crippen LogP contribution in [0.2, 0.25) is 0 Å². The zero-order valence-electron chi connectivity index (χ0n) is 11.5. The van der Waals surface area contributed by atoms with Crippen LogP contribution in [0.3, 0.4) is 0 Å². The maximum absolute atomic E-state index is 11.7. The topological polar surface area (TPSA) is 96.9 Å². The number of para-hydroxylation sites is 1. The van der Waals surface area contributed by atoms with Crippen LogP contribution >= 0.6 is 0 Å². The van der Waals surface area contributed by atoms with Gasteiger partial charge in [0.15, 0.2) is 0 Å². The summed E-state index contributed by atoms with van der Waals surface area (Å²) < 4.78 is 5.14. The molecule has 0 unspecified atom stereocenters. The van der Waals surface area contributed by atoms with Crippen molar-refractivity contribution in [1.29, 1.82) is 0 Å². The molecular weight excluding hydrogens is 274 g/mol. The van der Waals surface area contributed by atoms with Gasteiger partial charge in [-0.15, -0.1) is 0 Å². The molecule has 110 valence electrons. The lowest BCUT2D eigenvalue weighted by molar-refractivity contribution is -0.134. The standard InChI is InChI=1S/C14H15N3O4/c1-9-4-2-3-5-11(9)21-13(19)8-15-14(20)10-6-7-12(18)17-16-10/h2-5H,6-8H2,1H3,(H,15,20)(H,17,18). The van der Waals surface area contributed by atoms with Crippen molar-refractivity contribution in [1.82, 2.24) is 10.7 Å². The normalized spacial score (nSPS) is 14.0. The molecule has 21 heavy (non-hydrogen) atoms. The lowest BCUT2D eigenvalue weighted by Gasteiger charge is -2.12. The van der Waals surface area contributed by atoms with Gasteiger partial charge in [-0.25, -0.2) is 10.2 Å². The van der Waals surface area contributed by atoms with Crippen molar-refractivity contribution in [3.05, 3.63) is 29.8 Å². The predicted octanol–water partition coefficient (Wildman–Crippen LogP) is 0.283. The Labute approximate surface area is 121 Å². The Morgan fingerprint density at radius 2 is 2.10 bits per heavy atom. The van der Waals surface area contributed by atoms with Gasteiger partial charge >= 0.3 is 5.97 Å². The smallest absolute Gasteiger partial charge is 0.330 e. The summed E-state index contributed by atoms with van der Waals surface area (Å²) in [5, 5.41) is 6.05. The van der Waals surface area contributed by atoms with Crippen LogP contribution in [-0.4, -0.2) is 30.0 Å². The lowest BCUT2D eigenvalue weighted by Crippen LogP contribution is -2.39. The Balaban J connectivity index is 1.83. The second kappa shape index (κ2) is 6.65. The van der Waals surface area contributed by atoms with Crippen LogP contribution in [0, 0.1) is 6.92 Å². The van der Waals surface area contributed by atoms with Crippen LogP contribution in [0.25, 0.3) is 0 Å². The molecule has 7 heteroatoms. The lowest BCUT2D eigenvalue weighted by atomic mass is 10.1. The second-order valence-electron chi connectivity index (χ2n) is 4.52. The summed E-state index contributed by atoms with van der Waals surface area (Å²) in [6.45, 7) is 1.56. The number of carbonyl (C=O) groups excluding carboxylic acids is 3. The zero-order valence-corrected chi connectivity index (χ0v) is 11.5. The van der Waals surface area contributed by atoms with Gasteiger partial charge in [-0.05, 0) is 18.6 Å². The van der Waals surface area contributed by atoms with E-state index in [2.05, 4.69) is 15.8 Å². The number of esters is 1. The molecule has 7 nitrogen and oxygen atoms in total. The first-order valence-electron chi connectivity index (χ1n) is 6.46. The highest BCUT2D eigenvalue weighted by molar-refractivity contribution is 6.39. The molecule has 1 aliphatic rings. The number of nitrogens with one attached hydrogen (secondary N) is 2. The fourth-order valence-corrected chi connectivity index (χ4v) is 1.72. The van der Waals surface area contributed by atoms with E-state index in [4.69, 9.17) is 4.74 Å². The molecule has 0 atom stereocenters. The highest BCUT2D eigenvalue weighted by atomic mass is 16.5. The van der Waals surface area contributed by atoms with Crippen molar-refractivity contribution in [2.75, 3.05) is 6.54 Å². The van der Waals surface area contributed by atoms with Crippen molar-refractivity contribution >= 4 is 23.5 Å². The first-order valence-corrected chi connectivity index (χ1v) is 6.46. The maximum Gasteiger partial charge on any atom is 0.330 e. The van der Waals surface area contributed by atoms with Crippen LogP contribution in [0.5, 0.6) is 5.75 Å². The number of nitrogens with zero attached hydrogens (tertiary/aromatic N) is 1. The van der Waals surface area contributed by atoms with Crippen LogP contribution in [0.1, 0.15) is 18.4 Å². The molecule has 0 aromatic heterocycles. The van der Waals surface area contributed by atoms with Crippen LogP contribution in [-0.2, 0) is 14.4 Å². The number of ether oxygens (including phenoxy) is 1. The molecule has 0 saturated carbocycles. The van der Waals surface area contributed by atoms with E-state index in [9.17, 15) is 14.4 Å². The fourth-order valence-electron chi connectivity index (χ4n) is 1.72. The highest BCUT2D eigenvalue weighted by Crippen LogP contribution is 2.15. The van der Waals surface area contributed by atoms with Gasteiger partial charge in [0, 0.05) is 12.8 Å². The summed E-state index contributed by atoms with van der Waals surface area (Å²) in [5.74, 6) is -0.834. The van der Waals surface area contributed by atoms with E-state index >= 15 is 0 Å². The molecule has 1 aromatic carbocycles. The first-order chi connectivity index (χ1) is 10.1. The molecule has 0 saturated heterocycles. The Morgan fingerprint density at radius 1 is 1.33 bits per heavy atom. The number of rotatable bonds is 4. The Morgan fingerprint density at radius 3 is 2.76 bits per heavy atom. The van der Waals surface area contributed by atoms with E-state index in [0.717, 1.165) is 5.56 Å². The zero-order chi connectivity index (χ0) is 15.2.